The number of benzene rings is 2. The van der Waals surface area contributed by atoms with E-state index in [0.29, 0.717) is 24.3 Å². The van der Waals surface area contributed by atoms with Gasteiger partial charge in [-0.1, -0.05) is 19.1 Å². The van der Waals surface area contributed by atoms with Gasteiger partial charge >= 0.3 is 5.97 Å². The van der Waals surface area contributed by atoms with Crippen molar-refractivity contribution in [3.05, 3.63) is 71.0 Å². The summed E-state index contributed by atoms with van der Waals surface area (Å²) in [6.45, 7) is 4.24. The van der Waals surface area contributed by atoms with Gasteiger partial charge in [0.25, 0.3) is 0 Å². The number of aliphatic carboxylic acids is 1. The Labute approximate surface area is 146 Å². The molecule has 0 fully saturated rings. The van der Waals surface area contributed by atoms with E-state index in [1.54, 1.807) is 24.3 Å². The highest BCUT2D eigenvalue weighted by Crippen LogP contribution is 2.31. The molecule has 0 amide bonds. The molecule has 5 heteroatoms. The van der Waals surface area contributed by atoms with Crippen LogP contribution in [0, 0.1) is 5.82 Å². The zero-order chi connectivity index (χ0) is 18.4. The Kier molecular flexibility index (Phi) is 6.31. The van der Waals surface area contributed by atoms with Crippen molar-refractivity contribution in [3.63, 3.8) is 0 Å². The highest BCUT2D eigenvalue weighted by atomic mass is 19.1. The SMILES string of the molecule is CCO[C@@H](c1ccc(F)cc1)c1cc(N)cc(/C(=C/C(=O)O)CC)c1. The van der Waals surface area contributed by atoms with Gasteiger partial charge in [0.05, 0.1) is 0 Å². The average molecular weight is 343 g/mol. The van der Waals surface area contributed by atoms with Crippen LogP contribution in [0.2, 0.25) is 0 Å². The van der Waals surface area contributed by atoms with Crippen molar-refractivity contribution in [2.24, 2.45) is 0 Å². The van der Waals surface area contributed by atoms with E-state index < -0.39 is 12.1 Å². The van der Waals surface area contributed by atoms with Gasteiger partial charge in [-0.25, -0.2) is 9.18 Å². The molecule has 0 aliphatic rings. The van der Waals surface area contributed by atoms with Gasteiger partial charge < -0.3 is 15.6 Å². The molecule has 0 unspecified atom stereocenters. The molecule has 2 aromatic rings. The first kappa shape index (κ1) is 18.7. The molecule has 3 N–H and O–H groups in total. The number of hydrogen-bond acceptors (Lipinski definition) is 3. The van der Waals surface area contributed by atoms with Gasteiger partial charge in [0.15, 0.2) is 0 Å². The summed E-state index contributed by atoms with van der Waals surface area (Å²) in [4.78, 5) is 11.0. The summed E-state index contributed by atoms with van der Waals surface area (Å²) in [6.07, 6.45) is 1.34. The van der Waals surface area contributed by atoms with Crippen LogP contribution in [0.1, 0.15) is 43.1 Å². The number of carboxylic acid groups (broad SMARTS) is 1. The number of anilines is 1. The van der Waals surface area contributed by atoms with Crippen LogP contribution in [0.4, 0.5) is 10.1 Å². The van der Waals surface area contributed by atoms with Gasteiger partial charge in [-0.15, -0.1) is 0 Å². The van der Waals surface area contributed by atoms with E-state index >= 15 is 0 Å². The smallest absolute Gasteiger partial charge is 0.328 e. The fourth-order valence-electron chi connectivity index (χ4n) is 2.74. The van der Waals surface area contributed by atoms with E-state index in [-0.39, 0.29) is 5.82 Å². The first-order chi connectivity index (χ1) is 11.9. The van der Waals surface area contributed by atoms with Gasteiger partial charge in [-0.3, -0.25) is 0 Å². The van der Waals surface area contributed by atoms with Crippen LogP contribution in [0.5, 0.6) is 0 Å². The van der Waals surface area contributed by atoms with E-state index in [4.69, 9.17) is 15.6 Å². The van der Waals surface area contributed by atoms with Gasteiger partial charge in [-0.05, 0) is 65.9 Å². The number of hydrogen-bond donors (Lipinski definition) is 2. The Morgan fingerprint density at radius 3 is 2.44 bits per heavy atom. The molecule has 0 bridgehead atoms. The highest BCUT2D eigenvalue weighted by Gasteiger charge is 2.17. The molecule has 0 aromatic heterocycles. The van der Waals surface area contributed by atoms with Crippen molar-refractivity contribution < 1.29 is 19.0 Å². The zero-order valence-electron chi connectivity index (χ0n) is 14.3. The molecule has 2 rings (SSSR count). The van der Waals surface area contributed by atoms with E-state index in [1.807, 2.05) is 19.9 Å². The second kappa shape index (κ2) is 8.44. The van der Waals surface area contributed by atoms with E-state index in [9.17, 15) is 9.18 Å². The average Bonchev–Trinajstić information content (AvgIpc) is 2.57. The zero-order valence-corrected chi connectivity index (χ0v) is 14.3. The number of allylic oxidation sites excluding steroid dienone is 1. The Balaban J connectivity index is 2.51. The standard InChI is InChI=1S/C20H22FNO3/c1-3-13(12-19(23)24)15-9-16(11-18(22)10-15)20(25-4-2)14-5-7-17(21)8-6-14/h5-12,20H,3-4,22H2,1-2H3,(H,23,24)/b13-12+/t20-/m0/s1. The Bertz CT molecular complexity index is 769. The monoisotopic (exact) mass is 343 g/mol. The lowest BCUT2D eigenvalue weighted by Gasteiger charge is -2.20. The molecule has 0 aliphatic heterocycles. The summed E-state index contributed by atoms with van der Waals surface area (Å²) in [5.74, 6) is -1.31. The minimum atomic E-state index is -0.999. The Morgan fingerprint density at radius 2 is 1.88 bits per heavy atom. The van der Waals surface area contributed by atoms with Gasteiger partial charge in [0.2, 0.25) is 0 Å². The molecule has 25 heavy (non-hydrogen) atoms. The summed E-state index contributed by atoms with van der Waals surface area (Å²) in [5, 5.41) is 9.04. The van der Waals surface area contributed by atoms with Crippen molar-refractivity contribution in [1.29, 1.82) is 0 Å². The molecule has 0 heterocycles. The van der Waals surface area contributed by atoms with Crippen LogP contribution < -0.4 is 5.73 Å². The molecule has 0 aliphatic carbocycles. The lowest BCUT2D eigenvalue weighted by molar-refractivity contribution is -0.131. The van der Waals surface area contributed by atoms with E-state index in [1.165, 1.54) is 18.2 Å². The number of nitrogens with two attached hydrogens (primary N) is 1. The molecular formula is C20H22FNO3. The van der Waals surface area contributed by atoms with Gasteiger partial charge in [0, 0.05) is 18.4 Å². The fraction of sp³-hybridized carbons (Fsp3) is 0.250. The minimum Gasteiger partial charge on any atom is -0.478 e. The maximum Gasteiger partial charge on any atom is 0.328 e. The molecule has 1 atom stereocenters. The van der Waals surface area contributed by atoms with Crippen molar-refractivity contribution >= 4 is 17.2 Å². The molecule has 4 nitrogen and oxygen atoms in total. The second-order valence-corrected chi connectivity index (χ2v) is 5.64. The normalized spacial score (nSPS) is 12.8. The van der Waals surface area contributed by atoms with E-state index in [2.05, 4.69) is 0 Å². The highest BCUT2D eigenvalue weighted by molar-refractivity contribution is 5.90. The third-order valence-electron chi connectivity index (χ3n) is 3.84. The molecule has 0 saturated carbocycles. The van der Waals surface area contributed by atoms with Crippen LogP contribution in [0.15, 0.2) is 48.5 Å². The second-order valence-electron chi connectivity index (χ2n) is 5.64. The predicted octanol–water partition coefficient (Wildman–Crippen LogP) is 4.41. The predicted molar refractivity (Wildman–Crippen MR) is 96.6 cm³/mol. The molecular weight excluding hydrogens is 321 g/mol. The number of rotatable bonds is 7. The molecule has 0 spiro atoms. The Morgan fingerprint density at radius 1 is 1.20 bits per heavy atom. The lowest BCUT2D eigenvalue weighted by atomic mass is 9.95. The van der Waals surface area contributed by atoms with Crippen LogP contribution >= 0.6 is 0 Å². The molecule has 0 radical (unpaired) electrons. The third kappa shape index (κ3) is 4.90. The van der Waals surface area contributed by atoms with Gasteiger partial charge in [0.1, 0.15) is 11.9 Å². The van der Waals surface area contributed by atoms with Crippen molar-refractivity contribution in [1.82, 2.24) is 0 Å². The summed E-state index contributed by atoms with van der Waals surface area (Å²) in [7, 11) is 0. The Hall–Kier alpha value is -2.66. The number of carbonyl (C=O) groups is 1. The molecule has 0 saturated heterocycles. The largest absolute Gasteiger partial charge is 0.478 e. The van der Waals surface area contributed by atoms with Crippen LogP contribution in [0.3, 0.4) is 0 Å². The molecule has 132 valence electrons. The summed E-state index contributed by atoms with van der Waals surface area (Å²) in [5.41, 5.74) is 9.57. The topological polar surface area (TPSA) is 72.5 Å². The number of ether oxygens (including phenoxy) is 1. The molecule has 2 aromatic carbocycles. The minimum absolute atomic E-state index is 0.315. The number of carboxylic acids is 1. The quantitative estimate of drug-likeness (QED) is 0.577. The van der Waals surface area contributed by atoms with Crippen LogP contribution in [-0.2, 0) is 9.53 Å². The maximum atomic E-state index is 13.2. The van der Waals surface area contributed by atoms with Gasteiger partial charge in [-0.2, -0.15) is 0 Å². The van der Waals surface area contributed by atoms with Crippen molar-refractivity contribution in [2.75, 3.05) is 12.3 Å². The maximum absolute atomic E-state index is 13.2. The third-order valence-corrected chi connectivity index (χ3v) is 3.84. The van der Waals surface area contributed by atoms with Crippen molar-refractivity contribution in [3.8, 4) is 0 Å². The van der Waals surface area contributed by atoms with Crippen LogP contribution in [-0.4, -0.2) is 17.7 Å². The summed E-state index contributed by atoms with van der Waals surface area (Å²) < 4.78 is 19.1. The first-order valence-electron chi connectivity index (χ1n) is 8.16. The summed E-state index contributed by atoms with van der Waals surface area (Å²) >= 11 is 0. The van der Waals surface area contributed by atoms with Crippen LogP contribution in [0.25, 0.3) is 5.57 Å². The fourth-order valence-corrected chi connectivity index (χ4v) is 2.74. The summed E-state index contributed by atoms with van der Waals surface area (Å²) in [6, 6.07) is 11.5. The number of halogens is 1. The first-order valence-corrected chi connectivity index (χ1v) is 8.16. The van der Waals surface area contributed by atoms with E-state index in [0.717, 1.165) is 16.7 Å². The van der Waals surface area contributed by atoms with Crippen molar-refractivity contribution in [2.45, 2.75) is 26.4 Å². The number of nitrogen functional groups attached to an aromatic ring is 1. The lowest BCUT2D eigenvalue weighted by Crippen LogP contribution is -2.08.